The highest BCUT2D eigenvalue weighted by atomic mass is 16.2. The minimum atomic E-state index is -1.01. The predicted octanol–water partition coefficient (Wildman–Crippen LogP) is 3.06. The van der Waals surface area contributed by atoms with Crippen molar-refractivity contribution in [2.75, 3.05) is 0 Å². The molecule has 1 fully saturated rings. The third-order valence-corrected chi connectivity index (χ3v) is 4.67. The number of amides is 2. The molecule has 1 aromatic rings. The van der Waals surface area contributed by atoms with Gasteiger partial charge in [0.1, 0.15) is 5.41 Å². The molecule has 2 amide bonds. The molecule has 124 valence electrons. The monoisotopic (exact) mass is 315 g/mol. The van der Waals surface area contributed by atoms with Gasteiger partial charge in [0.2, 0.25) is 17.8 Å². The van der Waals surface area contributed by atoms with E-state index < -0.39 is 5.41 Å². The summed E-state index contributed by atoms with van der Waals surface area (Å²) in [7, 11) is 0. The standard InChI is InChI=1S/C18H25N3O2/c1-5-7-13(4)18(6-2)15(22)20-17(21-16(18)23)19-14-10-8-12(3)9-11-14/h8-11,13H,5-7H2,1-4H3,(H2,19,20,21,22,23). The van der Waals surface area contributed by atoms with Gasteiger partial charge in [-0.25, -0.2) is 4.99 Å². The van der Waals surface area contributed by atoms with Crippen molar-refractivity contribution in [2.45, 2.75) is 47.0 Å². The SMILES string of the molecule is CCCC(C)C1(CC)C(=O)NC(=Nc2ccc(C)cc2)NC1=O. The lowest BCUT2D eigenvalue weighted by Gasteiger charge is -2.38. The number of hydrogen-bond acceptors (Lipinski definition) is 3. The molecule has 0 radical (unpaired) electrons. The van der Waals surface area contributed by atoms with Gasteiger partial charge in [0.25, 0.3) is 0 Å². The molecule has 0 aromatic heterocycles. The van der Waals surface area contributed by atoms with Crippen LogP contribution >= 0.6 is 0 Å². The summed E-state index contributed by atoms with van der Waals surface area (Å²) in [5.74, 6) is -0.318. The summed E-state index contributed by atoms with van der Waals surface area (Å²) >= 11 is 0. The molecule has 23 heavy (non-hydrogen) atoms. The molecular formula is C18H25N3O2. The molecule has 0 saturated carbocycles. The number of aryl methyl sites for hydroxylation is 1. The van der Waals surface area contributed by atoms with Crippen LogP contribution in [0.4, 0.5) is 5.69 Å². The quantitative estimate of drug-likeness (QED) is 0.820. The van der Waals surface area contributed by atoms with Gasteiger partial charge in [0.15, 0.2) is 0 Å². The van der Waals surface area contributed by atoms with E-state index in [1.807, 2.05) is 45.0 Å². The number of carbonyl (C=O) groups is 2. The Balaban J connectivity index is 2.26. The Morgan fingerprint density at radius 1 is 1.09 bits per heavy atom. The zero-order chi connectivity index (χ0) is 17.0. The van der Waals surface area contributed by atoms with E-state index in [1.165, 1.54) is 0 Å². The number of hydrogen-bond donors (Lipinski definition) is 2. The van der Waals surface area contributed by atoms with E-state index in [9.17, 15) is 9.59 Å². The van der Waals surface area contributed by atoms with Crippen molar-refractivity contribution in [1.29, 1.82) is 0 Å². The van der Waals surface area contributed by atoms with Gasteiger partial charge in [-0.05, 0) is 37.8 Å². The van der Waals surface area contributed by atoms with Crippen LogP contribution in [0, 0.1) is 18.3 Å². The Bertz CT molecular complexity index is 600. The van der Waals surface area contributed by atoms with Crippen LogP contribution in [0.15, 0.2) is 29.3 Å². The summed E-state index contributed by atoms with van der Waals surface area (Å²) in [6, 6.07) is 7.57. The molecule has 1 heterocycles. The highest BCUT2D eigenvalue weighted by Gasteiger charge is 2.51. The fourth-order valence-corrected chi connectivity index (χ4v) is 3.17. The maximum Gasteiger partial charge on any atom is 0.242 e. The number of nitrogens with one attached hydrogen (secondary N) is 2. The largest absolute Gasteiger partial charge is 0.295 e. The fraction of sp³-hybridized carbons (Fsp3) is 0.500. The lowest BCUT2D eigenvalue weighted by Crippen LogP contribution is -2.64. The Labute approximate surface area is 137 Å². The minimum Gasteiger partial charge on any atom is -0.295 e. The average Bonchev–Trinajstić information content (AvgIpc) is 2.50. The molecule has 5 heteroatoms. The average molecular weight is 315 g/mol. The number of guanidine groups is 1. The zero-order valence-electron chi connectivity index (χ0n) is 14.3. The van der Waals surface area contributed by atoms with E-state index in [1.54, 1.807) is 0 Å². The number of benzene rings is 1. The van der Waals surface area contributed by atoms with Crippen molar-refractivity contribution in [3.8, 4) is 0 Å². The number of rotatable bonds is 5. The maximum atomic E-state index is 12.7. The second-order valence-corrected chi connectivity index (χ2v) is 6.22. The van der Waals surface area contributed by atoms with E-state index in [-0.39, 0.29) is 23.7 Å². The van der Waals surface area contributed by atoms with E-state index >= 15 is 0 Å². The topological polar surface area (TPSA) is 70.6 Å². The number of carbonyl (C=O) groups excluding carboxylic acids is 2. The van der Waals surface area contributed by atoms with Crippen LogP contribution < -0.4 is 10.6 Å². The summed E-state index contributed by atoms with van der Waals surface area (Å²) in [5.41, 5.74) is 0.809. The van der Waals surface area contributed by atoms with Crippen LogP contribution in [-0.4, -0.2) is 17.8 Å². The van der Waals surface area contributed by atoms with Crippen molar-refractivity contribution >= 4 is 23.5 Å². The molecule has 2 N–H and O–H groups in total. The molecule has 2 rings (SSSR count). The van der Waals surface area contributed by atoms with Gasteiger partial charge in [0, 0.05) is 0 Å². The van der Waals surface area contributed by atoms with Gasteiger partial charge in [0.05, 0.1) is 5.69 Å². The van der Waals surface area contributed by atoms with E-state index in [4.69, 9.17) is 0 Å². The van der Waals surface area contributed by atoms with Crippen molar-refractivity contribution in [2.24, 2.45) is 16.3 Å². The first-order chi connectivity index (χ1) is 10.9. The first-order valence-electron chi connectivity index (χ1n) is 8.22. The molecule has 1 aliphatic heterocycles. The molecule has 1 aliphatic rings. The van der Waals surface area contributed by atoms with Crippen LogP contribution in [-0.2, 0) is 9.59 Å². The molecule has 5 nitrogen and oxygen atoms in total. The molecule has 1 unspecified atom stereocenters. The minimum absolute atomic E-state index is 0.0153. The summed E-state index contributed by atoms with van der Waals surface area (Å²) in [6.45, 7) is 7.90. The number of nitrogens with zero attached hydrogens (tertiary/aromatic N) is 1. The van der Waals surface area contributed by atoms with E-state index in [0.29, 0.717) is 12.1 Å². The first-order valence-corrected chi connectivity index (χ1v) is 8.22. The van der Waals surface area contributed by atoms with Crippen molar-refractivity contribution in [3.63, 3.8) is 0 Å². The van der Waals surface area contributed by atoms with Gasteiger partial charge in [-0.1, -0.05) is 44.9 Å². The van der Waals surface area contributed by atoms with Gasteiger partial charge in [-0.15, -0.1) is 0 Å². The van der Waals surface area contributed by atoms with Crippen molar-refractivity contribution in [1.82, 2.24) is 10.6 Å². The van der Waals surface area contributed by atoms with Crippen molar-refractivity contribution in [3.05, 3.63) is 29.8 Å². The molecular weight excluding hydrogens is 290 g/mol. The third-order valence-electron chi connectivity index (χ3n) is 4.67. The molecule has 1 atom stereocenters. The van der Waals surface area contributed by atoms with Crippen molar-refractivity contribution < 1.29 is 9.59 Å². The Kier molecular flexibility index (Phi) is 5.19. The van der Waals surface area contributed by atoms with Gasteiger partial charge in [-0.3, -0.25) is 20.2 Å². The second-order valence-electron chi connectivity index (χ2n) is 6.22. The van der Waals surface area contributed by atoms with Crippen LogP contribution in [0.1, 0.15) is 45.6 Å². The summed E-state index contributed by atoms with van der Waals surface area (Å²) < 4.78 is 0. The Morgan fingerprint density at radius 2 is 1.65 bits per heavy atom. The highest BCUT2D eigenvalue weighted by molar-refractivity contribution is 6.20. The fourth-order valence-electron chi connectivity index (χ4n) is 3.17. The third kappa shape index (κ3) is 3.28. The van der Waals surface area contributed by atoms with Crippen LogP contribution in [0.5, 0.6) is 0 Å². The summed E-state index contributed by atoms with van der Waals surface area (Å²) in [4.78, 5) is 29.7. The van der Waals surface area contributed by atoms with E-state index in [0.717, 1.165) is 18.4 Å². The molecule has 0 aliphatic carbocycles. The molecule has 1 aromatic carbocycles. The van der Waals surface area contributed by atoms with Crippen LogP contribution in [0.3, 0.4) is 0 Å². The Morgan fingerprint density at radius 3 is 2.13 bits per heavy atom. The van der Waals surface area contributed by atoms with Gasteiger partial charge >= 0.3 is 0 Å². The lowest BCUT2D eigenvalue weighted by atomic mass is 9.70. The normalized spacial score (nSPS) is 22.3. The molecule has 0 bridgehead atoms. The van der Waals surface area contributed by atoms with E-state index in [2.05, 4.69) is 22.5 Å². The number of aliphatic imine (C=N–C) groups is 1. The van der Waals surface area contributed by atoms with Gasteiger partial charge in [-0.2, -0.15) is 0 Å². The first kappa shape index (κ1) is 17.2. The smallest absolute Gasteiger partial charge is 0.242 e. The maximum absolute atomic E-state index is 12.7. The highest BCUT2D eigenvalue weighted by Crippen LogP contribution is 2.36. The molecule has 1 saturated heterocycles. The van der Waals surface area contributed by atoms with Gasteiger partial charge < -0.3 is 0 Å². The predicted molar refractivity (Wildman–Crippen MR) is 91.4 cm³/mol. The summed E-state index contributed by atoms with van der Waals surface area (Å²) in [6.07, 6.45) is 2.25. The Hall–Kier alpha value is -2.17. The zero-order valence-corrected chi connectivity index (χ0v) is 14.3. The van der Waals surface area contributed by atoms with Crippen LogP contribution in [0.2, 0.25) is 0 Å². The second kappa shape index (κ2) is 6.94. The lowest BCUT2D eigenvalue weighted by molar-refractivity contribution is -0.147. The van der Waals surface area contributed by atoms with Crippen LogP contribution in [0.25, 0.3) is 0 Å². The summed E-state index contributed by atoms with van der Waals surface area (Å²) in [5, 5.41) is 5.54. The molecule has 0 spiro atoms.